The van der Waals surface area contributed by atoms with Crippen LogP contribution in [0.4, 0.5) is 4.39 Å². The summed E-state index contributed by atoms with van der Waals surface area (Å²) in [4.78, 5) is 4.72. The zero-order chi connectivity index (χ0) is 22.9. The van der Waals surface area contributed by atoms with Gasteiger partial charge in [-0.05, 0) is 38.0 Å². The van der Waals surface area contributed by atoms with E-state index in [9.17, 15) is 4.39 Å². The molecule has 0 amide bonds. The van der Waals surface area contributed by atoms with Crippen molar-refractivity contribution >= 4 is 29.9 Å². The SMILES string of the molecule is CCC(CNC(=NCc1nnc(C)n1C)NC(C)c1ccccc1)Oc1cccc(F)c1.I. The fourth-order valence-electron chi connectivity index (χ4n) is 3.13. The predicted octanol–water partition coefficient (Wildman–Crippen LogP) is 4.53. The Kier molecular flexibility index (Phi) is 10.6. The molecule has 33 heavy (non-hydrogen) atoms. The summed E-state index contributed by atoms with van der Waals surface area (Å²) in [6.07, 6.45) is 0.612. The van der Waals surface area contributed by atoms with Crippen LogP contribution in [0.3, 0.4) is 0 Å². The highest BCUT2D eigenvalue weighted by Crippen LogP contribution is 2.15. The quantitative estimate of drug-likeness (QED) is 0.226. The number of halogens is 2. The van der Waals surface area contributed by atoms with E-state index in [0.717, 1.165) is 23.6 Å². The molecule has 0 saturated heterocycles. The summed E-state index contributed by atoms with van der Waals surface area (Å²) in [6, 6.07) is 16.4. The number of nitrogens with one attached hydrogen (secondary N) is 2. The highest BCUT2D eigenvalue weighted by Gasteiger charge is 2.13. The van der Waals surface area contributed by atoms with Gasteiger partial charge in [0.25, 0.3) is 0 Å². The van der Waals surface area contributed by atoms with Crippen LogP contribution in [0.1, 0.15) is 43.5 Å². The molecule has 0 fully saturated rings. The number of rotatable bonds is 9. The maximum Gasteiger partial charge on any atom is 0.192 e. The molecule has 0 aliphatic heterocycles. The molecule has 0 aliphatic rings. The Labute approximate surface area is 211 Å². The standard InChI is InChI=1S/C24H31FN6O.HI/c1-5-21(32-22-13-9-12-20(25)14-22)15-26-24(27-16-23-30-29-18(3)31(23)4)28-17(2)19-10-7-6-8-11-19;/h6-14,17,21H,5,15-16H2,1-4H3,(H2,26,27,28);1H. The van der Waals surface area contributed by atoms with Gasteiger partial charge >= 0.3 is 0 Å². The summed E-state index contributed by atoms with van der Waals surface area (Å²) in [6.45, 7) is 6.92. The molecule has 0 spiro atoms. The third-order valence-electron chi connectivity index (χ3n) is 5.27. The van der Waals surface area contributed by atoms with E-state index in [0.29, 0.717) is 24.8 Å². The summed E-state index contributed by atoms with van der Waals surface area (Å²) >= 11 is 0. The molecule has 7 nitrogen and oxygen atoms in total. The minimum atomic E-state index is -0.315. The Bertz CT molecular complexity index is 1030. The number of aliphatic imine (C=N–C) groups is 1. The molecule has 3 rings (SSSR count). The van der Waals surface area contributed by atoms with Crippen LogP contribution >= 0.6 is 24.0 Å². The topological polar surface area (TPSA) is 76.4 Å². The first-order chi connectivity index (χ1) is 15.5. The molecular weight excluding hydrogens is 534 g/mol. The van der Waals surface area contributed by atoms with Crippen LogP contribution in [0.15, 0.2) is 59.6 Å². The molecule has 2 unspecified atom stereocenters. The third kappa shape index (κ3) is 7.99. The van der Waals surface area contributed by atoms with Crippen LogP contribution in [0.5, 0.6) is 5.75 Å². The number of hydrogen-bond donors (Lipinski definition) is 2. The van der Waals surface area contributed by atoms with Gasteiger partial charge < -0.3 is 19.9 Å². The lowest BCUT2D eigenvalue weighted by molar-refractivity contribution is 0.198. The molecular formula is C24H32FIN6O. The maximum atomic E-state index is 13.5. The smallest absolute Gasteiger partial charge is 0.192 e. The molecule has 0 radical (unpaired) electrons. The van der Waals surface area contributed by atoms with Gasteiger partial charge in [0.2, 0.25) is 0 Å². The summed E-state index contributed by atoms with van der Waals surface area (Å²) in [5, 5.41) is 15.1. The van der Waals surface area contributed by atoms with E-state index in [-0.39, 0.29) is 41.9 Å². The molecule has 178 valence electrons. The van der Waals surface area contributed by atoms with Gasteiger partial charge in [-0.25, -0.2) is 9.38 Å². The van der Waals surface area contributed by atoms with Gasteiger partial charge in [0.15, 0.2) is 11.8 Å². The summed E-state index contributed by atoms with van der Waals surface area (Å²) in [7, 11) is 1.92. The van der Waals surface area contributed by atoms with Gasteiger partial charge in [-0.3, -0.25) is 0 Å². The summed E-state index contributed by atoms with van der Waals surface area (Å²) in [5.41, 5.74) is 1.15. The summed E-state index contributed by atoms with van der Waals surface area (Å²) in [5.74, 6) is 2.45. The number of guanidine groups is 1. The van der Waals surface area contributed by atoms with E-state index in [1.807, 2.05) is 43.7 Å². The van der Waals surface area contributed by atoms with Crippen molar-refractivity contribution in [1.29, 1.82) is 0 Å². The lowest BCUT2D eigenvalue weighted by atomic mass is 10.1. The van der Waals surface area contributed by atoms with E-state index in [1.54, 1.807) is 12.1 Å². The largest absolute Gasteiger partial charge is 0.489 e. The van der Waals surface area contributed by atoms with Crippen molar-refractivity contribution in [2.24, 2.45) is 12.0 Å². The minimum Gasteiger partial charge on any atom is -0.489 e. The molecule has 0 saturated carbocycles. The molecule has 2 N–H and O–H groups in total. The Morgan fingerprint density at radius 1 is 1.15 bits per heavy atom. The first-order valence-corrected chi connectivity index (χ1v) is 10.8. The maximum absolute atomic E-state index is 13.5. The van der Waals surface area contributed by atoms with E-state index < -0.39 is 0 Å². The molecule has 0 aliphatic carbocycles. The van der Waals surface area contributed by atoms with Crippen LogP contribution in [0, 0.1) is 12.7 Å². The second kappa shape index (κ2) is 13.1. The van der Waals surface area contributed by atoms with Crippen molar-refractivity contribution in [2.45, 2.75) is 45.9 Å². The number of nitrogens with zero attached hydrogens (tertiary/aromatic N) is 4. The lowest BCUT2D eigenvalue weighted by Gasteiger charge is -2.22. The number of ether oxygens (including phenoxy) is 1. The van der Waals surface area contributed by atoms with Gasteiger partial charge in [0, 0.05) is 13.1 Å². The normalized spacial score (nSPS) is 13.1. The molecule has 1 heterocycles. The third-order valence-corrected chi connectivity index (χ3v) is 5.27. The molecule has 0 bridgehead atoms. The average Bonchev–Trinajstić information content (AvgIpc) is 3.12. The highest BCUT2D eigenvalue weighted by atomic mass is 127. The number of aryl methyl sites for hydroxylation is 1. The average molecular weight is 566 g/mol. The number of hydrogen-bond acceptors (Lipinski definition) is 4. The van der Waals surface area contributed by atoms with Crippen LogP contribution in [-0.2, 0) is 13.6 Å². The van der Waals surface area contributed by atoms with Crippen molar-refractivity contribution in [3.05, 3.63) is 77.6 Å². The number of aromatic nitrogens is 3. The van der Waals surface area contributed by atoms with E-state index in [2.05, 4.69) is 39.9 Å². The number of benzene rings is 2. The Morgan fingerprint density at radius 2 is 1.91 bits per heavy atom. The molecule has 1 aromatic heterocycles. The molecule has 2 aromatic carbocycles. The monoisotopic (exact) mass is 566 g/mol. The van der Waals surface area contributed by atoms with Gasteiger partial charge in [0.05, 0.1) is 12.6 Å². The molecule has 9 heteroatoms. The van der Waals surface area contributed by atoms with Gasteiger partial charge in [0.1, 0.15) is 30.0 Å². The van der Waals surface area contributed by atoms with Crippen molar-refractivity contribution in [1.82, 2.24) is 25.4 Å². The first kappa shape index (κ1) is 26.6. The van der Waals surface area contributed by atoms with Crippen molar-refractivity contribution in [3.63, 3.8) is 0 Å². The van der Waals surface area contributed by atoms with Crippen LogP contribution in [0.25, 0.3) is 0 Å². The van der Waals surface area contributed by atoms with E-state index in [4.69, 9.17) is 9.73 Å². The van der Waals surface area contributed by atoms with Crippen molar-refractivity contribution < 1.29 is 9.13 Å². The fourth-order valence-corrected chi connectivity index (χ4v) is 3.13. The van der Waals surface area contributed by atoms with Crippen LogP contribution in [-0.4, -0.2) is 33.4 Å². The summed E-state index contributed by atoms with van der Waals surface area (Å²) < 4.78 is 21.4. The van der Waals surface area contributed by atoms with Crippen molar-refractivity contribution in [2.75, 3.05) is 6.54 Å². The van der Waals surface area contributed by atoms with Crippen LogP contribution in [0.2, 0.25) is 0 Å². The lowest BCUT2D eigenvalue weighted by Crippen LogP contribution is -2.43. The first-order valence-electron chi connectivity index (χ1n) is 10.8. The molecule has 2 atom stereocenters. The van der Waals surface area contributed by atoms with Crippen molar-refractivity contribution in [3.8, 4) is 5.75 Å². The van der Waals surface area contributed by atoms with Gasteiger partial charge in [-0.2, -0.15) is 0 Å². The Balaban J connectivity index is 0.00000385. The van der Waals surface area contributed by atoms with E-state index >= 15 is 0 Å². The molecule has 3 aromatic rings. The minimum absolute atomic E-state index is 0. The predicted molar refractivity (Wildman–Crippen MR) is 139 cm³/mol. The van der Waals surface area contributed by atoms with Gasteiger partial charge in [-0.15, -0.1) is 34.2 Å². The second-order valence-electron chi connectivity index (χ2n) is 7.65. The fraction of sp³-hybridized carbons (Fsp3) is 0.375. The Hall–Kier alpha value is -2.69. The second-order valence-corrected chi connectivity index (χ2v) is 7.65. The highest BCUT2D eigenvalue weighted by molar-refractivity contribution is 14.0. The van der Waals surface area contributed by atoms with Crippen LogP contribution < -0.4 is 15.4 Å². The van der Waals surface area contributed by atoms with E-state index in [1.165, 1.54) is 12.1 Å². The Morgan fingerprint density at radius 3 is 2.55 bits per heavy atom. The van der Waals surface area contributed by atoms with Gasteiger partial charge in [-0.1, -0.05) is 43.3 Å². The zero-order valence-corrected chi connectivity index (χ0v) is 21.8. The zero-order valence-electron chi connectivity index (χ0n) is 19.5.